The quantitative estimate of drug-likeness (QED) is 0.856. The summed E-state index contributed by atoms with van der Waals surface area (Å²) < 4.78 is 7.68. The van der Waals surface area contributed by atoms with E-state index in [4.69, 9.17) is 4.74 Å². The molecule has 2 aromatic rings. The van der Waals surface area contributed by atoms with Crippen molar-refractivity contribution in [2.75, 3.05) is 19.7 Å². The highest BCUT2D eigenvalue weighted by atomic mass is 16.5. The predicted molar refractivity (Wildman–Crippen MR) is 96.8 cm³/mol. The summed E-state index contributed by atoms with van der Waals surface area (Å²) in [7, 11) is 0. The standard InChI is InChI=1S/C19H25N5O2/c25-19(16-13-24(23-22-16)15-8-10-20-11-9-15)21-18(17-7-4-12-26-17)14-5-2-1-3-6-14/h1-3,5-6,13,15,17-18,20H,4,7-12H2,(H,21,25). The van der Waals surface area contributed by atoms with Gasteiger partial charge in [-0.1, -0.05) is 35.5 Å². The van der Waals surface area contributed by atoms with Crippen LogP contribution in [0.3, 0.4) is 0 Å². The molecule has 0 radical (unpaired) electrons. The van der Waals surface area contributed by atoms with Gasteiger partial charge in [-0.2, -0.15) is 0 Å². The van der Waals surface area contributed by atoms with Crippen molar-refractivity contribution >= 4 is 5.91 Å². The number of piperidine rings is 1. The lowest BCUT2D eigenvalue weighted by Gasteiger charge is -2.24. The normalized spacial score (nSPS) is 22.2. The Morgan fingerprint density at radius 1 is 1.23 bits per heavy atom. The minimum Gasteiger partial charge on any atom is -0.376 e. The van der Waals surface area contributed by atoms with E-state index in [-0.39, 0.29) is 18.1 Å². The van der Waals surface area contributed by atoms with Gasteiger partial charge in [-0.25, -0.2) is 4.68 Å². The van der Waals surface area contributed by atoms with Crippen LogP contribution in [0.15, 0.2) is 36.5 Å². The molecule has 1 aromatic heterocycles. The molecule has 0 saturated carbocycles. The summed E-state index contributed by atoms with van der Waals surface area (Å²) in [4.78, 5) is 12.8. The zero-order valence-electron chi connectivity index (χ0n) is 14.8. The number of hydrogen-bond acceptors (Lipinski definition) is 5. The van der Waals surface area contributed by atoms with E-state index in [1.165, 1.54) is 0 Å². The van der Waals surface area contributed by atoms with E-state index in [0.717, 1.165) is 50.9 Å². The van der Waals surface area contributed by atoms with Crippen LogP contribution in [0.5, 0.6) is 0 Å². The maximum atomic E-state index is 12.8. The van der Waals surface area contributed by atoms with Gasteiger partial charge in [-0.3, -0.25) is 4.79 Å². The third kappa shape index (κ3) is 3.78. The first-order chi connectivity index (χ1) is 12.8. The first-order valence-electron chi connectivity index (χ1n) is 9.41. The molecule has 0 bridgehead atoms. The molecule has 3 heterocycles. The molecule has 2 saturated heterocycles. The van der Waals surface area contributed by atoms with E-state index in [1.807, 2.05) is 35.0 Å². The largest absolute Gasteiger partial charge is 0.376 e. The Hall–Kier alpha value is -2.25. The summed E-state index contributed by atoms with van der Waals surface area (Å²) in [5.41, 5.74) is 1.42. The Morgan fingerprint density at radius 3 is 2.77 bits per heavy atom. The first-order valence-corrected chi connectivity index (χ1v) is 9.41. The van der Waals surface area contributed by atoms with Crippen LogP contribution < -0.4 is 10.6 Å². The van der Waals surface area contributed by atoms with E-state index >= 15 is 0 Å². The summed E-state index contributed by atoms with van der Waals surface area (Å²) in [5.74, 6) is -0.200. The Labute approximate surface area is 153 Å². The molecule has 138 valence electrons. The minimum atomic E-state index is -0.200. The van der Waals surface area contributed by atoms with Gasteiger partial charge in [-0.15, -0.1) is 5.10 Å². The van der Waals surface area contributed by atoms with E-state index in [9.17, 15) is 4.79 Å². The lowest BCUT2D eigenvalue weighted by Crippen LogP contribution is -2.36. The number of ether oxygens (including phenoxy) is 1. The number of hydrogen-bond donors (Lipinski definition) is 2. The van der Waals surface area contributed by atoms with Crippen LogP contribution in [0, 0.1) is 0 Å². The van der Waals surface area contributed by atoms with Gasteiger partial charge in [0.1, 0.15) is 0 Å². The molecular weight excluding hydrogens is 330 g/mol. The molecule has 26 heavy (non-hydrogen) atoms. The highest BCUT2D eigenvalue weighted by Crippen LogP contribution is 2.27. The van der Waals surface area contributed by atoms with Crippen LogP contribution in [0.4, 0.5) is 0 Å². The fraction of sp³-hybridized carbons (Fsp3) is 0.526. The third-order valence-electron chi connectivity index (χ3n) is 5.21. The lowest BCUT2D eigenvalue weighted by molar-refractivity contribution is 0.0670. The maximum absolute atomic E-state index is 12.8. The minimum absolute atomic E-state index is 0.000753. The van der Waals surface area contributed by atoms with Crippen LogP contribution in [0.2, 0.25) is 0 Å². The summed E-state index contributed by atoms with van der Waals surface area (Å²) in [6, 6.07) is 10.1. The SMILES string of the molecule is O=C(NC(c1ccccc1)C1CCCO1)c1cn(C2CCNCC2)nn1. The van der Waals surface area contributed by atoms with Crippen LogP contribution in [0.25, 0.3) is 0 Å². The van der Waals surface area contributed by atoms with Crippen LogP contribution in [-0.2, 0) is 4.74 Å². The molecule has 2 fully saturated rings. The predicted octanol–water partition coefficient (Wildman–Crippen LogP) is 1.85. The van der Waals surface area contributed by atoms with Crippen LogP contribution in [0.1, 0.15) is 53.8 Å². The Bertz CT molecular complexity index is 721. The average Bonchev–Trinajstić information content (AvgIpc) is 3.39. The Balaban J connectivity index is 1.48. The zero-order chi connectivity index (χ0) is 17.8. The van der Waals surface area contributed by atoms with Crippen molar-refractivity contribution < 1.29 is 9.53 Å². The number of carbonyl (C=O) groups excluding carboxylic acids is 1. The van der Waals surface area contributed by atoms with Crippen molar-refractivity contribution in [1.82, 2.24) is 25.6 Å². The smallest absolute Gasteiger partial charge is 0.274 e. The number of nitrogens with one attached hydrogen (secondary N) is 2. The van der Waals surface area contributed by atoms with Gasteiger partial charge in [0.15, 0.2) is 5.69 Å². The number of aromatic nitrogens is 3. The molecule has 0 spiro atoms. The number of nitrogens with zero attached hydrogens (tertiary/aromatic N) is 3. The van der Waals surface area contributed by atoms with Crippen molar-refractivity contribution in [3.05, 3.63) is 47.8 Å². The number of rotatable bonds is 5. The maximum Gasteiger partial charge on any atom is 0.274 e. The topological polar surface area (TPSA) is 81.1 Å². The summed E-state index contributed by atoms with van der Waals surface area (Å²) in [5, 5.41) is 14.7. The summed E-state index contributed by atoms with van der Waals surface area (Å²) in [6.07, 6.45) is 5.75. The molecule has 2 N–H and O–H groups in total. The molecule has 7 nitrogen and oxygen atoms in total. The second-order valence-electron chi connectivity index (χ2n) is 6.98. The third-order valence-corrected chi connectivity index (χ3v) is 5.21. The molecule has 1 amide bonds. The van der Waals surface area contributed by atoms with Gasteiger partial charge in [0.25, 0.3) is 5.91 Å². The summed E-state index contributed by atoms with van der Waals surface area (Å²) >= 11 is 0. The van der Waals surface area contributed by atoms with Crippen LogP contribution in [-0.4, -0.2) is 46.7 Å². The molecular formula is C19H25N5O2. The molecule has 2 atom stereocenters. The van der Waals surface area contributed by atoms with Gasteiger partial charge in [-0.05, 0) is 44.3 Å². The Kier molecular flexibility index (Phi) is 5.26. The van der Waals surface area contributed by atoms with Gasteiger partial charge < -0.3 is 15.4 Å². The molecule has 2 aliphatic heterocycles. The van der Waals surface area contributed by atoms with Gasteiger partial charge in [0, 0.05) is 6.61 Å². The molecule has 1 aromatic carbocycles. The second-order valence-corrected chi connectivity index (χ2v) is 6.98. The summed E-state index contributed by atoms with van der Waals surface area (Å²) in [6.45, 7) is 2.69. The molecule has 0 aliphatic carbocycles. The highest BCUT2D eigenvalue weighted by Gasteiger charge is 2.30. The van der Waals surface area contributed by atoms with Crippen molar-refractivity contribution in [3.8, 4) is 0 Å². The molecule has 2 aliphatic rings. The van der Waals surface area contributed by atoms with E-state index in [1.54, 1.807) is 6.20 Å². The van der Waals surface area contributed by atoms with Gasteiger partial charge in [0.05, 0.1) is 24.4 Å². The van der Waals surface area contributed by atoms with E-state index < -0.39 is 0 Å². The number of carbonyl (C=O) groups is 1. The number of benzene rings is 1. The molecule has 4 rings (SSSR count). The average molecular weight is 355 g/mol. The molecule has 2 unspecified atom stereocenters. The van der Waals surface area contributed by atoms with Crippen molar-refractivity contribution in [2.24, 2.45) is 0 Å². The van der Waals surface area contributed by atoms with Crippen LogP contribution >= 0.6 is 0 Å². The number of amides is 1. The highest BCUT2D eigenvalue weighted by molar-refractivity contribution is 5.92. The van der Waals surface area contributed by atoms with E-state index in [0.29, 0.717) is 11.7 Å². The van der Waals surface area contributed by atoms with E-state index in [2.05, 4.69) is 20.9 Å². The van der Waals surface area contributed by atoms with Crippen molar-refractivity contribution in [2.45, 2.75) is 43.9 Å². The fourth-order valence-electron chi connectivity index (χ4n) is 3.76. The lowest BCUT2D eigenvalue weighted by atomic mass is 9.99. The fourth-order valence-corrected chi connectivity index (χ4v) is 3.76. The molecule has 7 heteroatoms. The van der Waals surface area contributed by atoms with Crippen molar-refractivity contribution in [3.63, 3.8) is 0 Å². The monoisotopic (exact) mass is 355 g/mol. The zero-order valence-corrected chi connectivity index (χ0v) is 14.8. The van der Waals surface area contributed by atoms with Gasteiger partial charge in [0.2, 0.25) is 0 Å². The Morgan fingerprint density at radius 2 is 2.04 bits per heavy atom. The van der Waals surface area contributed by atoms with Crippen molar-refractivity contribution in [1.29, 1.82) is 0 Å². The van der Waals surface area contributed by atoms with Gasteiger partial charge >= 0.3 is 0 Å². The second kappa shape index (κ2) is 7.97. The first kappa shape index (κ1) is 17.2.